The van der Waals surface area contributed by atoms with Gasteiger partial charge in [-0.25, -0.2) is 4.79 Å². The molecule has 0 unspecified atom stereocenters. The van der Waals surface area contributed by atoms with Crippen LogP contribution in [0, 0.1) is 0 Å². The Hall–Kier alpha value is -3.02. The van der Waals surface area contributed by atoms with Crippen LogP contribution in [0.2, 0.25) is 0 Å². The normalized spacial score (nSPS) is 10.0. The van der Waals surface area contributed by atoms with Crippen molar-refractivity contribution in [1.29, 1.82) is 0 Å². The van der Waals surface area contributed by atoms with Crippen LogP contribution in [0.25, 0.3) is 0 Å². The highest BCUT2D eigenvalue weighted by molar-refractivity contribution is 6.05. The maximum Gasteiger partial charge on any atom is 0.335 e. The second kappa shape index (κ2) is 7.31. The third kappa shape index (κ3) is 4.00. The number of methoxy groups -OCH3 is 1. The zero-order valence-electron chi connectivity index (χ0n) is 12.8. The summed E-state index contributed by atoms with van der Waals surface area (Å²) in [6, 6.07) is 10.9. The summed E-state index contributed by atoms with van der Waals surface area (Å²) in [5.41, 5.74) is 0.890. The Bertz CT molecular complexity index is 727. The van der Waals surface area contributed by atoms with Gasteiger partial charge in [0.25, 0.3) is 5.91 Å². The maximum absolute atomic E-state index is 12.3. The lowest BCUT2D eigenvalue weighted by atomic mass is 10.1. The van der Waals surface area contributed by atoms with Gasteiger partial charge < -0.3 is 19.9 Å². The Morgan fingerprint density at radius 2 is 1.87 bits per heavy atom. The summed E-state index contributed by atoms with van der Waals surface area (Å²) in [7, 11) is 1.50. The van der Waals surface area contributed by atoms with Gasteiger partial charge in [-0.2, -0.15) is 0 Å². The molecule has 0 saturated carbocycles. The van der Waals surface area contributed by atoms with E-state index in [1.165, 1.54) is 19.2 Å². The molecule has 0 fully saturated rings. The number of rotatable bonds is 6. The van der Waals surface area contributed by atoms with Crippen molar-refractivity contribution in [3.8, 4) is 11.5 Å². The van der Waals surface area contributed by atoms with Crippen molar-refractivity contribution in [2.24, 2.45) is 0 Å². The quantitative estimate of drug-likeness (QED) is 0.856. The molecule has 0 atom stereocenters. The molecular weight excluding hydrogens is 298 g/mol. The molecule has 2 N–H and O–H groups in total. The molecule has 6 nitrogen and oxygen atoms in total. The number of carbonyl (C=O) groups excluding carboxylic acids is 1. The summed E-state index contributed by atoms with van der Waals surface area (Å²) in [6.07, 6.45) is 0. The van der Waals surface area contributed by atoms with Crippen LogP contribution in [-0.4, -0.2) is 30.7 Å². The molecule has 2 aromatic rings. The fourth-order valence-corrected chi connectivity index (χ4v) is 2.02. The maximum atomic E-state index is 12.3. The van der Waals surface area contributed by atoms with Crippen molar-refractivity contribution in [2.45, 2.75) is 6.92 Å². The number of hydrogen-bond donors (Lipinski definition) is 2. The van der Waals surface area contributed by atoms with E-state index in [9.17, 15) is 9.59 Å². The fraction of sp³-hybridized carbons (Fsp3) is 0.176. The Balaban J connectivity index is 2.20. The molecule has 0 spiro atoms. The third-order valence-electron chi connectivity index (χ3n) is 3.09. The number of carbonyl (C=O) groups is 2. The summed E-state index contributed by atoms with van der Waals surface area (Å²) in [5.74, 6) is -0.407. The molecule has 2 aromatic carbocycles. The highest BCUT2D eigenvalue weighted by Crippen LogP contribution is 2.28. The van der Waals surface area contributed by atoms with Gasteiger partial charge in [0.05, 0.1) is 19.3 Å². The second-order valence-electron chi connectivity index (χ2n) is 4.64. The molecule has 0 aliphatic rings. The molecule has 0 aliphatic heterocycles. The third-order valence-corrected chi connectivity index (χ3v) is 3.09. The van der Waals surface area contributed by atoms with Crippen LogP contribution >= 0.6 is 0 Å². The first-order valence-corrected chi connectivity index (χ1v) is 7.00. The molecule has 6 heteroatoms. The molecule has 0 saturated heterocycles. The van der Waals surface area contributed by atoms with Gasteiger partial charge in [0.2, 0.25) is 0 Å². The van der Waals surface area contributed by atoms with E-state index in [1.807, 2.05) is 6.92 Å². The van der Waals surface area contributed by atoms with Gasteiger partial charge in [-0.3, -0.25) is 4.79 Å². The van der Waals surface area contributed by atoms with E-state index in [2.05, 4.69) is 5.32 Å². The highest BCUT2D eigenvalue weighted by atomic mass is 16.5. The number of aromatic carboxylic acids is 1. The molecule has 0 radical (unpaired) electrons. The SMILES string of the molecule is CCOc1ccc(C(=O)Nc2cccc(C(=O)O)c2)cc1OC. The first-order valence-electron chi connectivity index (χ1n) is 7.00. The predicted molar refractivity (Wildman–Crippen MR) is 85.5 cm³/mol. The Morgan fingerprint density at radius 3 is 2.52 bits per heavy atom. The van der Waals surface area contributed by atoms with Crippen LogP contribution in [-0.2, 0) is 0 Å². The minimum Gasteiger partial charge on any atom is -0.493 e. The van der Waals surface area contributed by atoms with Gasteiger partial charge in [-0.15, -0.1) is 0 Å². The minimum atomic E-state index is -1.05. The minimum absolute atomic E-state index is 0.104. The van der Waals surface area contributed by atoms with E-state index < -0.39 is 5.97 Å². The molecule has 120 valence electrons. The molecule has 0 bridgehead atoms. The van der Waals surface area contributed by atoms with Gasteiger partial charge in [-0.05, 0) is 43.3 Å². The molecule has 23 heavy (non-hydrogen) atoms. The predicted octanol–water partition coefficient (Wildman–Crippen LogP) is 3.04. The van der Waals surface area contributed by atoms with E-state index in [1.54, 1.807) is 30.3 Å². The van der Waals surface area contributed by atoms with Crippen LogP contribution in [0.4, 0.5) is 5.69 Å². The monoisotopic (exact) mass is 315 g/mol. The summed E-state index contributed by atoms with van der Waals surface area (Å²) in [4.78, 5) is 23.2. The lowest BCUT2D eigenvalue weighted by Crippen LogP contribution is -2.12. The van der Waals surface area contributed by atoms with E-state index in [0.717, 1.165) is 0 Å². The number of benzene rings is 2. The van der Waals surface area contributed by atoms with Crippen molar-refractivity contribution in [3.05, 3.63) is 53.6 Å². The number of nitrogens with one attached hydrogen (secondary N) is 1. The molecule has 2 rings (SSSR count). The van der Waals surface area contributed by atoms with Gasteiger partial charge in [0.1, 0.15) is 0 Å². The summed E-state index contributed by atoms with van der Waals surface area (Å²) in [6.45, 7) is 2.35. The molecule has 0 heterocycles. The van der Waals surface area contributed by atoms with Crippen LogP contribution in [0.1, 0.15) is 27.6 Å². The number of ether oxygens (including phenoxy) is 2. The van der Waals surface area contributed by atoms with Crippen molar-refractivity contribution in [2.75, 3.05) is 19.0 Å². The number of amides is 1. The van der Waals surface area contributed by atoms with Crippen LogP contribution < -0.4 is 14.8 Å². The lowest BCUT2D eigenvalue weighted by molar-refractivity contribution is 0.0696. The van der Waals surface area contributed by atoms with Crippen LogP contribution in [0.3, 0.4) is 0 Å². The van der Waals surface area contributed by atoms with E-state index in [4.69, 9.17) is 14.6 Å². The Labute approximate surface area is 133 Å². The van der Waals surface area contributed by atoms with Crippen LogP contribution in [0.5, 0.6) is 11.5 Å². The van der Waals surface area contributed by atoms with Gasteiger partial charge in [0, 0.05) is 11.3 Å². The zero-order chi connectivity index (χ0) is 16.8. The van der Waals surface area contributed by atoms with E-state index >= 15 is 0 Å². The summed E-state index contributed by atoms with van der Waals surface area (Å²) < 4.78 is 10.6. The van der Waals surface area contributed by atoms with Gasteiger partial charge in [0.15, 0.2) is 11.5 Å². The standard InChI is InChI=1S/C17H17NO5/c1-3-23-14-8-7-11(10-15(14)22-2)16(19)18-13-6-4-5-12(9-13)17(20)21/h4-10H,3H2,1-2H3,(H,18,19)(H,20,21). The first-order chi connectivity index (χ1) is 11.0. The fourth-order valence-electron chi connectivity index (χ4n) is 2.02. The van der Waals surface area contributed by atoms with Crippen LogP contribution in [0.15, 0.2) is 42.5 Å². The average Bonchev–Trinajstić information content (AvgIpc) is 2.55. The average molecular weight is 315 g/mol. The number of carboxylic acids is 1. The van der Waals surface area contributed by atoms with Crippen molar-refractivity contribution >= 4 is 17.6 Å². The smallest absolute Gasteiger partial charge is 0.335 e. The number of anilines is 1. The van der Waals surface area contributed by atoms with E-state index in [-0.39, 0.29) is 11.5 Å². The zero-order valence-corrected chi connectivity index (χ0v) is 12.8. The van der Waals surface area contributed by atoms with Crippen molar-refractivity contribution in [3.63, 3.8) is 0 Å². The highest BCUT2D eigenvalue weighted by Gasteiger charge is 2.12. The summed E-state index contributed by atoms with van der Waals surface area (Å²) in [5, 5.41) is 11.6. The Morgan fingerprint density at radius 1 is 1.09 bits per heavy atom. The number of carboxylic acid groups (broad SMARTS) is 1. The number of hydrogen-bond acceptors (Lipinski definition) is 4. The largest absolute Gasteiger partial charge is 0.493 e. The van der Waals surface area contributed by atoms with Crippen molar-refractivity contribution in [1.82, 2.24) is 0 Å². The topological polar surface area (TPSA) is 84.9 Å². The second-order valence-corrected chi connectivity index (χ2v) is 4.64. The first kappa shape index (κ1) is 16.4. The summed E-state index contributed by atoms with van der Waals surface area (Å²) >= 11 is 0. The van der Waals surface area contributed by atoms with Gasteiger partial charge >= 0.3 is 5.97 Å². The van der Waals surface area contributed by atoms with E-state index in [0.29, 0.717) is 29.4 Å². The lowest BCUT2D eigenvalue weighted by Gasteiger charge is -2.11. The molecular formula is C17H17NO5. The molecule has 0 aromatic heterocycles. The van der Waals surface area contributed by atoms with Crippen molar-refractivity contribution < 1.29 is 24.2 Å². The van der Waals surface area contributed by atoms with Gasteiger partial charge in [-0.1, -0.05) is 6.07 Å². The molecule has 0 aliphatic carbocycles. The molecule has 1 amide bonds. The Kier molecular flexibility index (Phi) is 5.19.